The molecule has 1 N–H and O–H groups in total. The van der Waals surface area contributed by atoms with Gasteiger partial charge >= 0.3 is 0 Å². The zero-order chi connectivity index (χ0) is 15.4. The molecule has 22 heavy (non-hydrogen) atoms. The molecule has 4 heteroatoms. The number of nitrogens with one attached hydrogen (secondary N) is 1. The van der Waals surface area contributed by atoms with E-state index in [0.717, 1.165) is 32.4 Å². The van der Waals surface area contributed by atoms with Gasteiger partial charge in [0.25, 0.3) is 5.91 Å². The molecule has 116 valence electrons. The van der Waals surface area contributed by atoms with E-state index in [0.29, 0.717) is 11.5 Å². The smallest absolute Gasteiger partial charge is 0.257 e. The van der Waals surface area contributed by atoms with Gasteiger partial charge in [0.05, 0.1) is 11.8 Å². The quantitative estimate of drug-likeness (QED) is 0.942. The highest BCUT2D eigenvalue weighted by Crippen LogP contribution is 2.23. The lowest BCUT2D eigenvalue weighted by molar-refractivity contribution is 0.0668. The van der Waals surface area contributed by atoms with E-state index in [4.69, 9.17) is 0 Å². The first-order valence-corrected chi connectivity index (χ1v) is 8.06. The molecule has 0 aliphatic carbocycles. The van der Waals surface area contributed by atoms with E-state index in [-0.39, 0.29) is 5.91 Å². The first-order chi connectivity index (χ1) is 10.7. The fourth-order valence-electron chi connectivity index (χ4n) is 3.29. The van der Waals surface area contributed by atoms with Crippen LogP contribution in [0, 0.1) is 12.8 Å². The number of carbonyl (C=O) groups excluding carboxylic acids is 1. The second-order valence-corrected chi connectivity index (χ2v) is 6.21. The number of likely N-dealkylation sites (tertiary alicyclic amines) is 1. The number of nitrogens with zero attached hydrogens (tertiary/aromatic N) is 2. The molecule has 0 unspecified atom stereocenters. The monoisotopic (exact) mass is 297 g/mol. The molecule has 3 rings (SSSR count). The maximum atomic E-state index is 12.4. The summed E-state index contributed by atoms with van der Waals surface area (Å²) in [6.45, 7) is 3.91. The Morgan fingerprint density at radius 2 is 2.27 bits per heavy atom. The van der Waals surface area contributed by atoms with Crippen LogP contribution in [0.25, 0.3) is 0 Å². The van der Waals surface area contributed by atoms with Gasteiger partial charge in [0.15, 0.2) is 0 Å². The Kier molecular flexibility index (Phi) is 4.56. The van der Waals surface area contributed by atoms with E-state index >= 15 is 0 Å². The molecule has 1 fully saturated rings. The van der Waals surface area contributed by atoms with E-state index in [1.54, 1.807) is 12.4 Å². The number of H-pyrrole nitrogens is 1. The predicted molar refractivity (Wildman–Crippen MR) is 86.7 cm³/mol. The van der Waals surface area contributed by atoms with Gasteiger partial charge in [-0.05, 0) is 49.7 Å². The molecule has 0 spiro atoms. The molecule has 1 atom stereocenters. The van der Waals surface area contributed by atoms with Crippen LogP contribution in [0.3, 0.4) is 0 Å². The van der Waals surface area contributed by atoms with Gasteiger partial charge in [0, 0.05) is 19.3 Å². The summed E-state index contributed by atoms with van der Waals surface area (Å²) < 4.78 is 0. The van der Waals surface area contributed by atoms with Crippen molar-refractivity contribution in [1.29, 1.82) is 0 Å². The minimum absolute atomic E-state index is 0.106. The molecule has 1 amide bonds. The number of hydrogen-bond donors (Lipinski definition) is 1. The average molecular weight is 297 g/mol. The highest BCUT2D eigenvalue weighted by Gasteiger charge is 2.24. The second kappa shape index (κ2) is 6.77. The van der Waals surface area contributed by atoms with Crippen LogP contribution in [0.5, 0.6) is 0 Å². The molecular weight excluding hydrogens is 274 g/mol. The van der Waals surface area contributed by atoms with Crippen molar-refractivity contribution in [2.75, 3.05) is 13.1 Å². The summed E-state index contributed by atoms with van der Waals surface area (Å²) in [6, 6.07) is 8.58. The maximum absolute atomic E-state index is 12.4. The molecule has 1 saturated heterocycles. The lowest BCUT2D eigenvalue weighted by atomic mass is 9.90. The number of hydrogen-bond acceptors (Lipinski definition) is 2. The van der Waals surface area contributed by atoms with Crippen molar-refractivity contribution >= 4 is 5.91 Å². The van der Waals surface area contributed by atoms with Gasteiger partial charge in [0.2, 0.25) is 0 Å². The SMILES string of the molecule is Cc1ccccc1CC[C@H]1CCCN(C(=O)c2cn[nH]c2)C1. The molecule has 1 aliphatic rings. The minimum atomic E-state index is 0.106. The number of amides is 1. The van der Waals surface area contributed by atoms with Crippen molar-refractivity contribution in [2.24, 2.45) is 5.92 Å². The van der Waals surface area contributed by atoms with Gasteiger partial charge in [-0.1, -0.05) is 24.3 Å². The zero-order valence-electron chi connectivity index (χ0n) is 13.1. The average Bonchev–Trinajstić information content (AvgIpc) is 3.08. The lowest BCUT2D eigenvalue weighted by Gasteiger charge is -2.32. The number of aromatic amines is 1. The predicted octanol–water partition coefficient (Wildman–Crippen LogP) is 3.20. The van der Waals surface area contributed by atoms with Crippen LogP contribution in [0.1, 0.15) is 40.7 Å². The first-order valence-electron chi connectivity index (χ1n) is 8.06. The summed E-state index contributed by atoms with van der Waals surface area (Å²) in [7, 11) is 0. The van der Waals surface area contributed by atoms with Gasteiger partial charge in [-0.3, -0.25) is 9.89 Å². The molecule has 4 nitrogen and oxygen atoms in total. The van der Waals surface area contributed by atoms with Crippen molar-refractivity contribution in [2.45, 2.75) is 32.6 Å². The number of rotatable bonds is 4. The Morgan fingerprint density at radius 1 is 1.41 bits per heavy atom. The van der Waals surface area contributed by atoms with Gasteiger partial charge in [-0.15, -0.1) is 0 Å². The van der Waals surface area contributed by atoms with Crippen LogP contribution in [0.15, 0.2) is 36.7 Å². The Hall–Kier alpha value is -2.10. The molecule has 1 aromatic heterocycles. The molecule has 2 heterocycles. The molecule has 2 aromatic rings. The Balaban J connectivity index is 1.57. The summed E-state index contributed by atoms with van der Waals surface area (Å²) in [5, 5.41) is 6.59. The first kappa shape index (κ1) is 14.8. The lowest BCUT2D eigenvalue weighted by Crippen LogP contribution is -2.39. The fourth-order valence-corrected chi connectivity index (χ4v) is 3.29. The molecule has 0 radical (unpaired) electrons. The van der Waals surface area contributed by atoms with Gasteiger partial charge in [-0.2, -0.15) is 5.10 Å². The third-order valence-electron chi connectivity index (χ3n) is 4.63. The van der Waals surface area contributed by atoms with Crippen molar-refractivity contribution in [1.82, 2.24) is 15.1 Å². The zero-order valence-corrected chi connectivity index (χ0v) is 13.1. The van der Waals surface area contributed by atoms with Gasteiger partial charge in [-0.25, -0.2) is 0 Å². The van der Waals surface area contributed by atoms with Crippen molar-refractivity contribution in [3.8, 4) is 0 Å². The minimum Gasteiger partial charge on any atom is -0.338 e. The van der Waals surface area contributed by atoms with Crippen LogP contribution in [-0.4, -0.2) is 34.1 Å². The van der Waals surface area contributed by atoms with Crippen molar-refractivity contribution in [3.63, 3.8) is 0 Å². The Bertz CT molecular complexity index is 621. The normalized spacial score (nSPS) is 18.4. The molecule has 0 saturated carbocycles. The number of aromatic nitrogens is 2. The fraction of sp³-hybridized carbons (Fsp3) is 0.444. The number of benzene rings is 1. The van der Waals surface area contributed by atoms with E-state index in [9.17, 15) is 4.79 Å². The van der Waals surface area contributed by atoms with E-state index in [2.05, 4.69) is 41.4 Å². The van der Waals surface area contributed by atoms with Crippen molar-refractivity contribution in [3.05, 3.63) is 53.3 Å². The molecule has 0 bridgehead atoms. The summed E-state index contributed by atoms with van der Waals surface area (Å²) >= 11 is 0. The van der Waals surface area contributed by atoms with Crippen LogP contribution in [0.4, 0.5) is 0 Å². The topological polar surface area (TPSA) is 49.0 Å². The van der Waals surface area contributed by atoms with Gasteiger partial charge in [0.1, 0.15) is 0 Å². The highest BCUT2D eigenvalue weighted by molar-refractivity contribution is 5.93. The molecule has 1 aromatic carbocycles. The van der Waals surface area contributed by atoms with Crippen LogP contribution < -0.4 is 0 Å². The summed E-state index contributed by atoms with van der Waals surface area (Å²) in [6.07, 6.45) is 7.87. The summed E-state index contributed by atoms with van der Waals surface area (Å²) in [4.78, 5) is 14.4. The van der Waals surface area contributed by atoms with E-state index < -0.39 is 0 Å². The third kappa shape index (κ3) is 3.38. The number of carbonyl (C=O) groups is 1. The Morgan fingerprint density at radius 3 is 3.05 bits per heavy atom. The molecular formula is C18H23N3O. The third-order valence-corrected chi connectivity index (χ3v) is 4.63. The van der Waals surface area contributed by atoms with Crippen molar-refractivity contribution < 1.29 is 4.79 Å². The van der Waals surface area contributed by atoms with E-state index in [1.807, 2.05) is 4.90 Å². The van der Waals surface area contributed by atoms with Gasteiger partial charge < -0.3 is 4.90 Å². The Labute approximate surface area is 131 Å². The highest BCUT2D eigenvalue weighted by atomic mass is 16.2. The van der Waals surface area contributed by atoms with Crippen LogP contribution in [-0.2, 0) is 6.42 Å². The summed E-state index contributed by atoms with van der Waals surface area (Å²) in [5.74, 6) is 0.707. The number of aryl methyl sites for hydroxylation is 2. The largest absolute Gasteiger partial charge is 0.338 e. The maximum Gasteiger partial charge on any atom is 0.257 e. The van der Waals surface area contributed by atoms with Crippen LogP contribution in [0.2, 0.25) is 0 Å². The molecule has 1 aliphatic heterocycles. The standard InChI is InChI=1S/C18H23N3O/c1-14-5-2-3-7-16(14)9-8-15-6-4-10-21(13-15)18(22)17-11-19-20-12-17/h2-3,5,7,11-12,15H,4,6,8-10,13H2,1H3,(H,19,20)/t15-/m1/s1. The number of piperidine rings is 1. The van der Waals surface area contributed by atoms with Crippen LogP contribution >= 0.6 is 0 Å². The van der Waals surface area contributed by atoms with E-state index in [1.165, 1.54) is 17.5 Å². The second-order valence-electron chi connectivity index (χ2n) is 6.21. The summed E-state index contributed by atoms with van der Waals surface area (Å²) in [5.41, 5.74) is 3.46.